The minimum Gasteiger partial charge on any atom is -0.488 e. The summed E-state index contributed by atoms with van der Waals surface area (Å²) in [6.07, 6.45) is 1.02. The maximum atomic E-state index is 11.6. The number of hydrogen-bond donors (Lipinski definition) is 1. The van der Waals surface area contributed by atoms with Crippen LogP contribution in [0.3, 0.4) is 0 Å². The summed E-state index contributed by atoms with van der Waals surface area (Å²) in [4.78, 5) is 11.6. The topological polar surface area (TPSA) is 52.3 Å². The van der Waals surface area contributed by atoms with Gasteiger partial charge in [-0.25, -0.2) is 0 Å². The molecule has 0 fully saturated rings. The maximum absolute atomic E-state index is 11.6. The summed E-state index contributed by atoms with van der Waals surface area (Å²) in [5.41, 5.74) is 9.16. The highest BCUT2D eigenvalue weighted by Crippen LogP contribution is 2.23. The molecule has 3 heteroatoms. The second-order valence-electron chi connectivity index (χ2n) is 4.77. The fourth-order valence-corrected chi connectivity index (χ4v) is 1.98. The number of carbonyl (C=O) groups excluding carboxylic acids is 1. The van der Waals surface area contributed by atoms with Gasteiger partial charge in [0.15, 0.2) is 5.78 Å². The third kappa shape index (κ3) is 3.38. The van der Waals surface area contributed by atoms with E-state index in [0.29, 0.717) is 23.6 Å². The largest absolute Gasteiger partial charge is 0.488 e. The quantitative estimate of drug-likeness (QED) is 0.666. The summed E-state index contributed by atoms with van der Waals surface area (Å²) in [5, 5.41) is 0. The van der Waals surface area contributed by atoms with E-state index < -0.39 is 0 Å². The first-order chi connectivity index (χ1) is 9.60. The normalized spacial score (nSPS) is 10.3. The van der Waals surface area contributed by atoms with Gasteiger partial charge in [-0.05, 0) is 42.7 Å². The zero-order valence-corrected chi connectivity index (χ0v) is 11.8. The average Bonchev–Trinajstić information content (AvgIpc) is 2.46. The summed E-state index contributed by atoms with van der Waals surface area (Å²) in [6.45, 7) is 4.07. The molecule has 0 aromatic heterocycles. The fraction of sp³-hybridized carbons (Fsp3) is 0.235. The standard InChI is InChI=1S/C17H19NO2/c1-3-13-4-6-14(7-5-13)11-20-17-9-8-15(18)10-16(17)12(2)19/h4-10H,3,11,18H2,1-2H3. The van der Waals surface area contributed by atoms with E-state index in [1.54, 1.807) is 18.2 Å². The number of ketones is 1. The van der Waals surface area contributed by atoms with Crippen molar-refractivity contribution >= 4 is 11.5 Å². The molecule has 0 bridgehead atoms. The SMILES string of the molecule is CCc1ccc(COc2ccc(N)cc2C(C)=O)cc1. The number of ether oxygens (including phenoxy) is 1. The van der Waals surface area contributed by atoms with Crippen molar-refractivity contribution < 1.29 is 9.53 Å². The van der Waals surface area contributed by atoms with Crippen LogP contribution in [-0.4, -0.2) is 5.78 Å². The highest BCUT2D eigenvalue weighted by atomic mass is 16.5. The van der Waals surface area contributed by atoms with Gasteiger partial charge in [0, 0.05) is 5.69 Å². The third-order valence-electron chi connectivity index (χ3n) is 3.21. The number of hydrogen-bond acceptors (Lipinski definition) is 3. The minimum atomic E-state index is -0.0476. The number of anilines is 1. The van der Waals surface area contributed by atoms with Gasteiger partial charge < -0.3 is 10.5 Å². The van der Waals surface area contributed by atoms with Gasteiger partial charge in [-0.3, -0.25) is 4.79 Å². The van der Waals surface area contributed by atoms with Crippen LogP contribution in [0.5, 0.6) is 5.75 Å². The Morgan fingerprint density at radius 3 is 2.35 bits per heavy atom. The van der Waals surface area contributed by atoms with E-state index in [4.69, 9.17) is 10.5 Å². The van der Waals surface area contributed by atoms with Crippen LogP contribution in [0.1, 0.15) is 35.3 Å². The summed E-state index contributed by atoms with van der Waals surface area (Å²) in [6, 6.07) is 13.4. The van der Waals surface area contributed by atoms with E-state index in [9.17, 15) is 4.79 Å². The zero-order chi connectivity index (χ0) is 14.5. The molecule has 0 saturated carbocycles. The number of aryl methyl sites for hydroxylation is 1. The number of carbonyl (C=O) groups is 1. The monoisotopic (exact) mass is 269 g/mol. The smallest absolute Gasteiger partial charge is 0.163 e. The van der Waals surface area contributed by atoms with Gasteiger partial charge in [0.25, 0.3) is 0 Å². The number of rotatable bonds is 5. The number of nitrogens with two attached hydrogens (primary N) is 1. The van der Waals surface area contributed by atoms with Gasteiger partial charge in [-0.2, -0.15) is 0 Å². The molecule has 2 aromatic carbocycles. The highest BCUT2D eigenvalue weighted by molar-refractivity contribution is 5.97. The van der Waals surface area contributed by atoms with Crippen LogP contribution in [-0.2, 0) is 13.0 Å². The average molecular weight is 269 g/mol. The first-order valence-electron chi connectivity index (χ1n) is 6.71. The van der Waals surface area contributed by atoms with Gasteiger partial charge in [0.05, 0.1) is 5.56 Å². The van der Waals surface area contributed by atoms with Crippen LogP contribution in [0.2, 0.25) is 0 Å². The molecule has 0 unspecified atom stereocenters. The van der Waals surface area contributed by atoms with Crippen LogP contribution in [0, 0.1) is 0 Å². The lowest BCUT2D eigenvalue weighted by atomic mass is 10.1. The Morgan fingerprint density at radius 1 is 1.10 bits per heavy atom. The second kappa shape index (κ2) is 6.24. The molecule has 2 rings (SSSR count). The molecule has 3 nitrogen and oxygen atoms in total. The van der Waals surface area contributed by atoms with Crippen LogP contribution in [0.25, 0.3) is 0 Å². The van der Waals surface area contributed by atoms with Gasteiger partial charge in [0.2, 0.25) is 0 Å². The summed E-state index contributed by atoms with van der Waals surface area (Å²) in [7, 11) is 0. The molecule has 0 heterocycles. The van der Waals surface area contributed by atoms with E-state index in [0.717, 1.165) is 12.0 Å². The predicted molar refractivity (Wildman–Crippen MR) is 81.0 cm³/mol. The molecule has 2 aromatic rings. The fourth-order valence-electron chi connectivity index (χ4n) is 1.98. The van der Waals surface area contributed by atoms with E-state index in [1.807, 2.05) is 12.1 Å². The van der Waals surface area contributed by atoms with Crippen molar-refractivity contribution in [2.45, 2.75) is 26.9 Å². The van der Waals surface area contributed by atoms with E-state index >= 15 is 0 Å². The molecule has 0 saturated heterocycles. The molecule has 2 N–H and O–H groups in total. The second-order valence-corrected chi connectivity index (χ2v) is 4.77. The van der Waals surface area contributed by atoms with Crippen LogP contribution in [0.15, 0.2) is 42.5 Å². The molecule has 0 spiro atoms. The van der Waals surface area contributed by atoms with Crippen molar-refractivity contribution in [2.75, 3.05) is 5.73 Å². The lowest BCUT2D eigenvalue weighted by molar-refractivity contribution is 0.101. The molecule has 0 radical (unpaired) electrons. The summed E-state index contributed by atoms with van der Waals surface area (Å²) < 4.78 is 5.74. The lowest BCUT2D eigenvalue weighted by Crippen LogP contribution is -2.02. The van der Waals surface area contributed by atoms with Crippen molar-refractivity contribution in [1.29, 1.82) is 0 Å². The van der Waals surface area contributed by atoms with E-state index in [-0.39, 0.29) is 5.78 Å². The molecule has 0 aliphatic rings. The molecular weight excluding hydrogens is 250 g/mol. The Hall–Kier alpha value is -2.29. The van der Waals surface area contributed by atoms with Gasteiger partial charge in [0.1, 0.15) is 12.4 Å². The zero-order valence-electron chi connectivity index (χ0n) is 11.8. The van der Waals surface area contributed by atoms with E-state index in [1.165, 1.54) is 12.5 Å². The summed E-state index contributed by atoms with van der Waals surface area (Å²) >= 11 is 0. The maximum Gasteiger partial charge on any atom is 0.163 e. The van der Waals surface area contributed by atoms with Gasteiger partial charge in [-0.1, -0.05) is 31.2 Å². The molecule has 0 amide bonds. The van der Waals surface area contributed by atoms with Gasteiger partial charge >= 0.3 is 0 Å². The molecule has 0 atom stereocenters. The third-order valence-corrected chi connectivity index (χ3v) is 3.21. The highest BCUT2D eigenvalue weighted by Gasteiger charge is 2.09. The van der Waals surface area contributed by atoms with E-state index in [2.05, 4.69) is 19.1 Å². The van der Waals surface area contributed by atoms with Crippen LogP contribution < -0.4 is 10.5 Å². The van der Waals surface area contributed by atoms with Crippen LogP contribution >= 0.6 is 0 Å². The molecular formula is C17H19NO2. The Kier molecular flexibility index (Phi) is 4.41. The Morgan fingerprint density at radius 2 is 1.75 bits per heavy atom. The Labute approximate surface area is 119 Å². The first kappa shape index (κ1) is 14.1. The lowest BCUT2D eigenvalue weighted by Gasteiger charge is -2.11. The molecule has 0 aliphatic carbocycles. The molecule has 104 valence electrons. The molecule has 0 aliphatic heterocycles. The number of Topliss-reactive ketones (excluding diaryl/α,β-unsaturated/α-hetero) is 1. The number of benzene rings is 2. The van der Waals surface area contributed by atoms with Crippen molar-refractivity contribution in [1.82, 2.24) is 0 Å². The summed E-state index contributed by atoms with van der Waals surface area (Å²) in [5.74, 6) is 0.528. The Balaban J connectivity index is 2.12. The molecule has 20 heavy (non-hydrogen) atoms. The Bertz CT molecular complexity index is 603. The minimum absolute atomic E-state index is 0.0476. The van der Waals surface area contributed by atoms with Crippen molar-refractivity contribution in [3.63, 3.8) is 0 Å². The first-order valence-corrected chi connectivity index (χ1v) is 6.71. The van der Waals surface area contributed by atoms with Crippen molar-refractivity contribution in [3.8, 4) is 5.75 Å². The van der Waals surface area contributed by atoms with Crippen molar-refractivity contribution in [3.05, 3.63) is 59.2 Å². The van der Waals surface area contributed by atoms with Crippen molar-refractivity contribution in [2.24, 2.45) is 0 Å². The van der Waals surface area contributed by atoms with Crippen LogP contribution in [0.4, 0.5) is 5.69 Å². The van der Waals surface area contributed by atoms with Gasteiger partial charge in [-0.15, -0.1) is 0 Å². The number of nitrogen functional groups attached to an aromatic ring is 1. The predicted octanol–water partition coefficient (Wildman–Crippen LogP) is 3.61.